The summed E-state index contributed by atoms with van der Waals surface area (Å²) < 4.78 is 4.75. The number of carbonyl (C=O) groups excluding carboxylic acids is 2. The number of rotatable bonds is 7. The number of hydrogen-bond acceptors (Lipinski definition) is 5. The number of methoxy groups -OCH3 is 1. The molecule has 2 N–H and O–H groups in total. The smallest absolute Gasteiger partial charge is 0.328 e. The number of carbonyl (C=O) groups is 2. The Morgan fingerprint density at radius 3 is 2.75 bits per heavy atom. The molecular formula is C17H23N3O3S. The van der Waals surface area contributed by atoms with Crippen molar-refractivity contribution in [2.75, 3.05) is 12.9 Å². The van der Waals surface area contributed by atoms with Crippen LogP contribution in [0.3, 0.4) is 0 Å². The van der Waals surface area contributed by atoms with Gasteiger partial charge in [0.05, 0.1) is 23.9 Å². The molecule has 0 radical (unpaired) electrons. The standard InChI is InChI=1S/C17H23N3O3S/c1-10(2)8-13(16(22)23-4)18-14(21)9-24-17-19-12-7-5-6-11(3)15(12)20-17/h5-7,10,13H,8-9H2,1-4H3,(H,18,21)(H,19,20)/t13-/m1/s1. The largest absolute Gasteiger partial charge is 0.467 e. The normalized spacial score (nSPS) is 12.4. The molecule has 0 saturated carbocycles. The van der Waals surface area contributed by atoms with E-state index in [1.54, 1.807) is 0 Å². The second kappa shape index (κ2) is 8.19. The number of H-pyrrole nitrogens is 1. The minimum Gasteiger partial charge on any atom is -0.467 e. The molecule has 7 heteroatoms. The fourth-order valence-corrected chi connectivity index (χ4v) is 3.11. The Kier molecular flexibility index (Phi) is 6.25. The van der Waals surface area contributed by atoms with Gasteiger partial charge in [-0.15, -0.1) is 0 Å². The quantitative estimate of drug-likeness (QED) is 0.593. The number of amides is 1. The van der Waals surface area contributed by atoms with E-state index < -0.39 is 12.0 Å². The molecule has 1 amide bonds. The summed E-state index contributed by atoms with van der Waals surface area (Å²) in [6.45, 7) is 5.98. The number of imidazole rings is 1. The van der Waals surface area contributed by atoms with E-state index in [0.29, 0.717) is 11.6 Å². The number of fused-ring (bicyclic) bond motifs is 1. The van der Waals surface area contributed by atoms with E-state index >= 15 is 0 Å². The van der Waals surface area contributed by atoms with Gasteiger partial charge in [-0.3, -0.25) is 4.79 Å². The summed E-state index contributed by atoms with van der Waals surface area (Å²) in [5.41, 5.74) is 2.94. The summed E-state index contributed by atoms with van der Waals surface area (Å²) in [6.07, 6.45) is 0.549. The molecule has 0 bridgehead atoms. The van der Waals surface area contributed by atoms with Gasteiger partial charge in [-0.1, -0.05) is 37.7 Å². The number of aryl methyl sites for hydroxylation is 1. The zero-order chi connectivity index (χ0) is 17.7. The van der Waals surface area contributed by atoms with Crippen LogP contribution in [0.4, 0.5) is 0 Å². The Morgan fingerprint density at radius 1 is 1.38 bits per heavy atom. The summed E-state index contributed by atoms with van der Waals surface area (Å²) in [7, 11) is 1.33. The zero-order valence-corrected chi connectivity index (χ0v) is 15.2. The number of thioether (sulfide) groups is 1. The van der Waals surface area contributed by atoms with Gasteiger partial charge in [-0.25, -0.2) is 9.78 Å². The first-order valence-corrected chi connectivity index (χ1v) is 8.84. The van der Waals surface area contributed by atoms with Crippen LogP contribution < -0.4 is 5.32 Å². The van der Waals surface area contributed by atoms with E-state index in [9.17, 15) is 9.59 Å². The van der Waals surface area contributed by atoms with Crippen LogP contribution in [0.2, 0.25) is 0 Å². The number of benzene rings is 1. The van der Waals surface area contributed by atoms with Crippen molar-refractivity contribution in [1.82, 2.24) is 15.3 Å². The molecule has 0 unspecified atom stereocenters. The highest BCUT2D eigenvalue weighted by Crippen LogP contribution is 2.21. The van der Waals surface area contributed by atoms with Gasteiger partial charge in [0.25, 0.3) is 0 Å². The van der Waals surface area contributed by atoms with Crippen molar-refractivity contribution in [2.45, 2.75) is 38.4 Å². The Labute approximate surface area is 145 Å². The molecule has 130 valence electrons. The monoisotopic (exact) mass is 349 g/mol. The highest BCUT2D eigenvalue weighted by molar-refractivity contribution is 7.99. The Hall–Kier alpha value is -2.02. The van der Waals surface area contributed by atoms with E-state index in [4.69, 9.17) is 4.74 Å². The number of ether oxygens (including phenoxy) is 1. The maximum absolute atomic E-state index is 12.1. The molecule has 1 atom stereocenters. The molecule has 24 heavy (non-hydrogen) atoms. The summed E-state index contributed by atoms with van der Waals surface area (Å²) in [5.74, 6) is -0.167. The minimum atomic E-state index is -0.610. The summed E-state index contributed by atoms with van der Waals surface area (Å²) in [5, 5.41) is 3.43. The van der Waals surface area contributed by atoms with Gasteiger partial charge >= 0.3 is 5.97 Å². The van der Waals surface area contributed by atoms with Crippen molar-refractivity contribution in [3.8, 4) is 0 Å². The van der Waals surface area contributed by atoms with E-state index in [1.165, 1.54) is 18.9 Å². The molecule has 0 fully saturated rings. The molecule has 6 nitrogen and oxygen atoms in total. The lowest BCUT2D eigenvalue weighted by Gasteiger charge is -2.18. The van der Waals surface area contributed by atoms with Crippen molar-refractivity contribution >= 4 is 34.7 Å². The van der Waals surface area contributed by atoms with Crippen molar-refractivity contribution in [3.05, 3.63) is 23.8 Å². The summed E-state index contributed by atoms with van der Waals surface area (Å²) >= 11 is 1.31. The SMILES string of the molecule is COC(=O)[C@@H](CC(C)C)NC(=O)CSc1nc2c(C)cccc2[nH]1. The van der Waals surface area contributed by atoms with E-state index in [2.05, 4.69) is 15.3 Å². The molecule has 0 aliphatic rings. The predicted octanol–water partition coefficient (Wildman–Crippen LogP) is 2.67. The predicted molar refractivity (Wildman–Crippen MR) is 95.0 cm³/mol. The van der Waals surface area contributed by atoms with Crippen LogP contribution in [0.5, 0.6) is 0 Å². The second-order valence-electron chi connectivity index (χ2n) is 6.07. The number of nitrogens with zero attached hydrogens (tertiary/aromatic N) is 1. The lowest BCUT2D eigenvalue weighted by atomic mass is 10.0. The number of para-hydroxylation sites is 1. The van der Waals surface area contributed by atoms with E-state index in [-0.39, 0.29) is 17.6 Å². The lowest BCUT2D eigenvalue weighted by molar-refractivity contribution is -0.145. The number of nitrogens with one attached hydrogen (secondary N) is 2. The molecule has 0 aliphatic heterocycles. The van der Waals surface area contributed by atoms with Crippen LogP contribution in [-0.4, -0.2) is 40.7 Å². The fourth-order valence-electron chi connectivity index (χ4n) is 2.42. The molecule has 1 aromatic carbocycles. The molecular weight excluding hydrogens is 326 g/mol. The minimum absolute atomic E-state index is 0.185. The third-order valence-corrected chi connectivity index (χ3v) is 4.43. The average Bonchev–Trinajstić information content (AvgIpc) is 2.95. The molecule has 0 spiro atoms. The molecule has 1 heterocycles. The van der Waals surface area contributed by atoms with Gasteiger partial charge in [0.1, 0.15) is 6.04 Å². The first-order chi connectivity index (χ1) is 11.4. The van der Waals surface area contributed by atoms with E-state index in [0.717, 1.165) is 16.6 Å². The Bertz CT molecular complexity index is 727. The maximum atomic E-state index is 12.1. The summed E-state index contributed by atoms with van der Waals surface area (Å²) in [4.78, 5) is 31.6. The molecule has 0 saturated heterocycles. The molecule has 2 rings (SSSR count). The van der Waals surface area contributed by atoms with Crippen LogP contribution in [0.25, 0.3) is 11.0 Å². The van der Waals surface area contributed by atoms with Crippen LogP contribution >= 0.6 is 11.8 Å². The van der Waals surface area contributed by atoms with Gasteiger partial charge in [0.2, 0.25) is 5.91 Å². The highest BCUT2D eigenvalue weighted by Gasteiger charge is 2.22. The molecule has 2 aromatic rings. The topological polar surface area (TPSA) is 84.1 Å². The molecule has 1 aromatic heterocycles. The Balaban J connectivity index is 1.95. The number of esters is 1. The first kappa shape index (κ1) is 18.3. The fraction of sp³-hybridized carbons (Fsp3) is 0.471. The van der Waals surface area contributed by atoms with Crippen LogP contribution in [0.15, 0.2) is 23.4 Å². The van der Waals surface area contributed by atoms with Gasteiger partial charge < -0.3 is 15.0 Å². The Morgan fingerprint density at radius 2 is 2.12 bits per heavy atom. The number of aromatic amines is 1. The third-order valence-electron chi connectivity index (χ3n) is 3.56. The number of hydrogen-bond donors (Lipinski definition) is 2. The first-order valence-electron chi connectivity index (χ1n) is 7.86. The van der Waals surface area contributed by atoms with Gasteiger partial charge in [-0.05, 0) is 30.9 Å². The lowest BCUT2D eigenvalue weighted by Crippen LogP contribution is -2.43. The van der Waals surface area contributed by atoms with Crippen molar-refractivity contribution in [2.24, 2.45) is 5.92 Å². The van der Waals surface area contributed by atoms with Crippen LogP contribution in [-0.2, 0) is 14.3 Å². The van der Waals surface area contributed by atoms with Gasteiger partial charge in [-0.2, -0.15) is 0 Å². The third kappa shape index (κ3) is 4.74. The maximum Gasteiger partial charge on any atom is 0.328 e. The highest BCUT2D eigenvalue weighted by atomic mass is 32.2. The summed E-state index contributed by atoms with van der Waals surface area (Å²) in [6, 6.07) is 5.30. The number of aromatic nitrogens is 2. The average molecular weight is 349 g/mol. The van der Waals surface area contributed by atoms with Crippen molar-refractivity contribution < 1.29 is 14.3 Å². The van der Waals surface area contributed by atoms with Gasteiger partial charge in [0, 0.05) is 0 Å². The zero-order valence-electron chi connectivity index (χ0n) is 14.4. The van der Waals surface area contributed by atoms with E-state index in [1.807, 2.05) is 39.0 Å². The van der Waals surface area contributed by atoms with Gasteiger partial charge in [0.15, 0.2) is 5.16 Å². The van der Waals surface area contributed by atoms with Crippen molar-refractivity contribution in [3.63, 3.8) is 0 Å². The van der Waals surface area contributed by atoms with Crippen LogP contribution in [0, 0.1) is 12.8 Å². The molecule has 0 aliphatic carbocycles. The van der Waals surface area contributed by atoms with Crippen molar-refractivity contribution in [1.29, 1.82) is 0 Å². The van der Waals surface area contributed by atoms with Crippen LogP contribution in [0.1, 0.15) is 25.8 Å². The second-order valence-corrected chi connectivity index (χ2v) is 7.04.